The first-order valence-electron chi connectivity index (χ1n) is 10.7. The van der Waals surface area contributed by atoms with Gasteiger partial charge in [-0.15, -0.1) is 0 Å². The molecule has 0 spiro atoms. The third kappa shape index (κ3) is 3.51. The Labute approximate surface area is 173 Å². The highest BCUT2D eigenvalue weighted by atomic mass is 19.4. The number of imidazole rings is 1. The largest absolute Gasteiger partial charge is 0.416 e. The maximum Gasteiger partial charge on any atom is 0.416 e. The Hall–Kier alpha value is -2.34. The standard InChI is InChI=1S/C24H25F3N2O/c25-24(26,27)20-4-2-1-3-18(20)15-7-9-17(10-8-15)23(30)22-19(16-5-6-16)11-12-29-14-28-13-21(22)29/h1-4,11-17,23,30H,5-10H2/t15?,17?,23-/m1/s1. The van der Waals surface area contributed by atoms with Crippen molar-refractivity contribution in [1.29, 1.82) is 0 Å². The van der Waals surface area contributed by atoms with Gasteiger partial charge < -0.3 is 9.51 Å². The van der Waals surface area contributed by atoms with Gasteiger partial charge in [0, 0.05) is 11.8 Å². The minimum Gasteiger partial charge on any atom is -0.388 e. The van der Waals surface area contributed by atoms with Crippen LogP contribution in [0, 0.1) is 5.92 Å². The fraction of sp³-hybridized carbons (Fsp3) is 0.458. The van der Waals surface area contributed by atoms with Gasteiger partial charge in [0.1, 0.15) is 0 Å². The fourth-order valence-electron chi connectivity index (χ4n) is 5.20. The predicted octanol–water partition coefficient (Wildman–Crippen LogP) is 6.24. The number of rotatable bonds is 4. The molecule has 2 aliphatic carbocycles. The van der Waals surface area contributed by atoms with Gasteiger partial charge in [0.25, 0.3) is 0 Å². The molecule has 6 heteroatoms. The monoisotopic (exact) mass is 414 g/mol. The molecular weight excluding hydrogens is 389 g/mol. The van der Waals surface area contributed by atoms with Crippen LogP contribution in [0.2, 0.25) is 0 Å². The van der Waals surface area contributed by atoms with Crippen LogP contribution in [-0.2, 0) is 6.18 Å². The van der Waals surface area contributed by atoms with Gasteiger partial charge in [-0.1, -0.05) is 18.2 Å². The summed E-state index contributed by atoms with van der Waals surface area (Å²) in [5.41, 5.74) is 3.00. The Balaban J connectivity index is 1.38. The number of fused-ring (bicyclic) bond motifs is 1. The number of alkyl halides is 3. The van der Waals surface area contributed by atoms with Crippen LogP contribution in [0.3, 0.4) is 0 Å². The van der Waals surface area contributed by atoms with Crippen LogP contribution in [0.5, 0.6) is 0 Å². The van der Waals surface area contributed by atoms with Crippen molar-refractivity contribution in [2.75, 3.05) is 0 Å². The van der Waals surface area contributed by atoms with Crippen molar-refractivity contribution < 1.29 is 18.3 Å². The van der Waals surface area contributed by atoms with E-state index < -0.39 is 17.8 Å². The number of aromatic nitrogens is 2. The number of halogens is 3. The van der Waals surface area contributed by atoms with Gasteiger partial charge in [0.15, 0.2) is 0 Å². The van der Waals surface area contributed by atoms with E-state index in [0.717, 1.165) is 36.8 Å². The lowest BCUT2D eigenvalue weighted by atomic mass is 9.74. The molecule has 0 radical (unpaired) electrons. The van der Waals surface area contributed by atoms with Gasteiger partial charge in [-0.05, 0) is 79.5 Å². The first kappa shape index (κ1) is 19.6. The van der Waals surface area contributed by atoms with E-state index in [9.17, 15) is 18.3 Å². The predicted molar refractivity (Wildman–Crippen MR) is 108 cm³/mol. The highest BCUT2D eigenvalue weighted by Crippen LogP contribution is 2.48. The van der Waals surface area contributed by atoms with Crippen LogP contribution >= 0.6 is 0 Å². The smallest absolute Gasteiger partial charge is 0.388 e. The second kappa shape index (κ2) is 7.41. The lowest BCUT2D eigenvalue weighted by Gasteiger charge is -2.33. The average Bonchev–Trinajstić information content (AvgIpc) is 3.48. The molecule has 0 saturated heterocycles. The van der Waals surface area contributed by atoms with Crippen LogP contribution in [0.25, 0.3) is 5.52 Å². The second-order valence-electron chi connectivity index (χ2n) is 8.79. The Morgan fingerprint density at radius 1 is 0.933 bits per heavy atom. The number of aliphatic hydroxyl groups is 1. The van der Waals surface area contributed by atoms with Crippen LogP contribution in [0.4, 0.5) is 13.2 Å². The van der Waals surface area contributed by atoms with Crippen molar-refractivity contribution >= 4 is 5.52 Å². The summed E-state index contributed by atoms with van der Waals surface area (Å²) in [5.74, 6) is 0.447. The maximum absolute atomic E-state index is 13.4. The second-order valence-corrected chi connectivity index (χ2v) is 8.79. The number of pyridine rings is 1. The quantitative estimate of drug-likeness (QED) is 0.549. The molecule has 158 valence electrons. The van der Waals surface area contributed by atoms with Crippen LogP contribution in [0.1, 0.15) is 78.7 Å². The summed E-state index contributed by atoms with van der Waals surface area (Å²) in [6, 6.07) is 8.03. The number of benzene rings is 1. The van der Waals surface area contributed by atoms with Crippen LogP contribution < -0.4 is 0 Å². The lowest BCUT2D eigenvalue weighted by Crippen LogP contribution is -2.22. The van der Waals surface area contributed by atoms with E-state index >= 15 is 0 Å². The third-order valence-electron chi connectivity index (χ3n) is 6.91. The van der Waals surface area contributed by atoms with E-state index in [2.05, 4.69) is 11.1 Å². The van der Waals surface area contributed by atoms with E-state index in [0.29, 0.717) is 24.3 Å². The lowest BCUT2D eigenvalue weighted by molar-refractivity contribution is -0.138. The number of hydrogen-bond donors (Lipinski definition) is 1. The summed E-state index contributed by atoms with van der Waals surface area (Å²) in [6.07, 6.45) is 5.65. The van der Waals surface area contributed by atoms with E-state index in [1.54, 1.807) is 24.7 Å². The normalized spacial score (nSPS) is 23.6. The minimum atomic E-state index is -4.33. The third-order valence-corrected chi connectivity index (χ3v) is 6.91. The average molecular weight is 414 g/mol. The Bertz CT molecular complexity index is 1050. The van der Waals surface area contributed by atoms with Gasteiger partial charge in [-0.25, -0.2) is 4.98 Å². The molecular formula is C24H25F3N2O. The van der Waals surface area contributed by atoms with Gasteiger partial charge in [-0.3, -0.25) is 0 Å². The zero-order chi connectivity index (χ0) is 20.9. The first-order valence-corrected chi connectivity index (χ1v) is 10.7. The minimum absolute atomic E-state index is 0.0536. The maximum atomic E-state index is 13.4. The van der Waals surface area contributed by atoms with Gasteiger partial charge in [-0.2, -0.15) is 13.2 Å². The highest BCUT2D eigenvalue weighted by Gasteiger charge is 2.38. The molecule has 2 aliphatic rings. The van der Waals surface area contributed by atoms with Crippen molar-refractivity contribution in [2.24, 2.45) is 5.92 Å². The van der Waals surface area contributed by atoms with Crippen molar-refractivity contribution in [3.8, 4) is 0 Å². The topological polar surface area (TPSA) is 37.5 Å². The summed E-state index contributed by atoms with van der Waals surface area (Å²) < 4.78 is 42.2. The van der Waals surface area contributed by atoms with Crippen molar-refractivity contribution in [3.05, 3.63) is 71.3 Å². The van der Waals surface area contributed by atoms with E-state index in [-0.39, 0.29) is 11.8 Å². The summed E-state index contributed by atoms with van der Waals surface area (Å²) in [7, 11) is 0. The van der Waals surface area contributed by atoms with Crippen molar-refractivity contribution in [3.63, 3.8) is 0 Å². The first-order chi connectivity index (χ1) is 14.4. The molecule has 0 unspecified atom stereocenters. The molecule has 1 aromatic carbocycles. The SMILES string of the molecule is O[C@@H](c1c(C2CC2)ccn2cncc12)C1CCC(c2ccccc2C(F)(F)F)CC1. The summed E-state index contributed by atoms with van der Waals surface area (Å²) in [5, 5.41) is 11.3. The van der Waals surface area contributed by atoms with Crippen molar-refractivity contribution in [1.82, 2.24) is 9.38 Å². The zero-order valence-electron chi connectivity index (χ0n) is 16.6. The summed E-state index contributed by atoms with van der Waals surface area (Å²) >= 11 is 0. The molecule has 2 fully saturated rings. The van der Waals surface area contributed by atoms with E-state index in [1.165, 1.54) is 17.7 Å². The van der Waals surface area contributed by atoms with Gasteiger partial charge in [0.05, 0.1) is 29.7 Å². The van der Waals surface area contributed by atoms with Crippen LogP contribution in [0.15, 0.2) is 49.1 Å². The zero-order valence-corrected chi connectivity index (χ0v) is 16.6. The van der Waals surface area contributed by atoms with Crippen molar-refractivity contribution in [2.45, 2.75) is 62.6 Å². The fourth-order valence-corrected chi connectivity index (χ4v) is 5.20. The highest BCUT2D eigenvalue weighted by molar-refractivity contribution is 5.59. The molecule has 2 saturated carbocycles. The number of aliphatic hydroxyl groups excluding tert-OH is 1. The van der Waals surface area contributed by atoms with Crippen LogP contribution in [-0.4, -0.2) is 14.5 Å². The Kier molecular flexibility index (Phi) is 4.85. The van der Waals surface area contributed by atoms with Gasteiger partial charge >= 0.3 is 6.18 Å². The molecule has 0 aliphatic heterocycles. The van der Waals surface area contributed by atoms with E-state index in [4.69, 9.17) is 0 Å². The number of hydrogen-bond acceptors (Lipinski definition) is 2. The van der Waals surface area contributed by atoms with E-state index in [1.807, 2.05) is 10.6 Å². The Morgan fingerprint density at radius 3 is 2.30 bits per heavy atom. The molecule has 3 nitrogen and oxygen atoms in total. The molecule has 0 bridgehead atoms. The molecule has 1 N–H and O–H groups in total. The molecule has 2 aromatic heterocycles. The molecule has 5 rings (SSSR count). The summed E-state index contributed by atoms with van der Waals surface area (Å²) in [4.78, 5) is 4.24. The Morgan fingerprint density at radius 2 is 1.60 bits per heavy atom. The molecule has 3 aromatic rings. The number of nitrogens with zero attached hydrogens (tertiary/aromatic N) is 2. The van der Waals surface area contributed by atoms with Gasteiger partial charge in [0.2, 0.25) is 0 Å². The molecule has 30 heavy (non-hydrogen) atoms. The summed E-state index contributed by atoms with van der Waals surface area (Å²) in [6.45, 7) is 0. The molecule has 0 amide bonds. The molecule has 2 heterocycles. The molecule has 1 atom stereocenters.